The molecule has 1 N–H and O–H groups in total. The second-order valence-electron chi connectivity index (χ2n) is 6.28. The quantitative estimate of drug-likeness (QED) is 0.768. The number of hydrogen-bond acceptors (Lipinski definition) is 3. The van der Waals surface area contributed by atoms with E-state index in [1.165, 1.54) is 0 Å². The van der Waals surface area contributed by atoms with Gasteiger partial charge in [-0.25, -0.2) is 13.1 Å². The average molecular weight is 385 g/mol. The van der Waals surface area contributed by atoms with Gasteiger partial charge >= 0.3 is 6.36 Å². The molecule has 0 aliphatic heterocycles. The highest BCUT2D eigenvalue weighted by Gasteiger charge is 2.32. The molecule has 1 atom stereocenters. The van der Waals surface area contributed by atoms with E-state index in [0.717, 1.165) is 42.7 Å². The maximum absolute atomic E-state index is 12.6. The summed E-state index contributed by atoms with van der Waals surface area (Å²) in [6, 6.07) is 13.0. The molecule has 1 fully saturated rings. The highest BCUT2D eigenvalue weighted by Crippen LogP contribution is 2.38. The van der Waals surface area contributed by atoms with Crippen LogP contribution in [-0.4, -0.2) is 14.8 Å². The van der Waals surface area contributed by atoms with Crippen LogP contribution in [0.3, 0.4) is 0 Å². The van der Waals surface area contributed by atoms with E-state index >= 15 is 0 Å². The zero-order valence-electron chi connectivity index (χ0n) is 13.7. The Kier molecular flexibility index (Phi) is 5.24. The molecule has 4 nitrogen and oxygen atoms in total. The predicted octanol–water partition coefficient (Wildman–Crippen LogP) is 4.40. The van der Waals surface area contributed by atoms with Gasteiger partial charge in [0.15, 0.2) is 0 Å². The number of benzene rings is 2. The van der Waals surface area contributed by atoms with Gasteiger partial charge < -0.3 is 4.74 Å². The molecular weight excluding hydrogens is 367 g/mol. The molecule has 0 heterocycles. The van der Waals surface area contributed by atoms with Crippen molar-refractivity contribution < 1.29 is 26.3 Å². The third-order valence-electron chi connectivity index (χ3n) is 4.13. The SMILES string of the molecule is O=S(=O)(N[C@@H](CC1CC1)c1ccccc1)c1ccc(OC(F)(F)F)cc1. The predicted molar refractivity (Wildman–Crippen MR) is 90.0 cm³/mol. The molecule has 2 aromatic rings. The van der Waals surface area contributed by atoms with Crippen molar-refractivity contribution in [2.24, 2.45) is 5.92 Å². The molecule has 0 radical (unpaired) electrons. The van der Waals surface area contributed by atoms with Crippen molar-refractivity contribution >= 4 is 10.0 Å². The minimum absolute atomic E-state index is 0.108. The fraction of sp³-hybridized carbons (Fsp3) is 0.333. The molecule has 3 rings (SSSR count). The van der Waals surface area contributed by atoms with E-state index in [1.54, 1.807) is 0 Å². The second kappa shape index (κ2) is 7.28. The van der Waals surface area contributed by atoms with Gasteiger partial charge in [0.05, 0.1) is 4.90 Å². The Morgan fingerprint density at radius 3 is 2.19 bits per heavy atom. The van der Waals surface area contributed by atoms with Gasteiger partial charge in [0.2, 0.25) is 10.0 Å². The molecular formula is C18H18F3NO3S. The maximum atomic E-state index is 12.6. The van der Waals surface area contributed by atoms with Gasteiger partial charge in [-0.2, -0.15) is 0 Å². The van der Waals surface area contributed by atoms with Crippen molar-refractivity contribution in [1.82, 2.24) is 4.72 Å². The lowest BCUT2D eigenvalue weighted by Gasteiger charge is -2.19. The first-order valence-electron chi connectivity index (χ1n) is 8.16. The number of rotatable bonds is 7. The van der Waals surface area contributed by atoms with Crippen molar-refractivity contribution in [3.63, 3.8) is 0 Å². The first kappa shape index (κ1) is 18.7. The highest BCUT2D eigenvalue weighted by atomic mass is 32.2. The summed E-state index contributed by atoms with van der Waals surface area (Å²) in [4.78, 5) is -0.108. The molecule has 1 aliphatic rings. The van der Waals surface area contributed by atoms with Crippen molar-refractivity contribution in [2.75, 3.05) is 0 Å². The lowest BCUT2D eigenvalue weighted by Crippen LogP contribution is -2.29. The molecule has 140 valence electrons. The minimum atomic E-state index is -4.82. The van der Waals surface area contributed by atoms with Crippen LogP contribution in [0.15, 0.2) is 59.5 Å². The third-order valence-corrected chi connectivity index (χ3v) is 5.62. The molecule has 8 heteroatoms. The summed E-state index contributed by atoms with van der Waals surface area (Å²) in [5.74, 6) is 0.0273. The van der Waals surface area contributed by atoms with Gasteiger partial charge in [-0.15, -0.1) is 13.2 Å². The average Bonchev–Trinajstić information content (AvgIpc) is 3.38. The van der Waals surface area contributed by atoms with Crippen LogP contribution in [0.25, 0.3) is 0 Å². The molecule has 26 heavy (non-hydrogen) atoms. The summed E-state index contributed by atoms with van der Waals surface area (Å²) in [6.07, 6.45) is -1.97. The fourth-order valence-corrected chi connectivity index (χ4v) is 3.94. The number of nitrogens with one attached hydrogen (secondary N) is 1. The van der Waals surface area contributed by atoms with Crippen LogP contribution in [0.1, 0.15) is 30.9 Å². The molecule has 0 unspecified atom stereocenters. The smallest absolute Gasteiger partial charge is 0.406 e. The molecule has 0 spiro atoms. The normalized spacial score (nSPS) is 16.3. The highest BCUT2D eigenvalue weighted by molar-refractivity contribution is 7.89. The van der Waals surface area contributed by atoms with Crippen LogP contribution in [0.2, 0.25) is 0 Å². The van der Waals surface area contributed by atoms with Gasteiger partial charge in [0, 0.05) is 6.04 Å². The standard InChI is InChI=1S/C18H18F3NO3S/c19-18(20,21)25-15-8-10-16(11-9-15)26(23,24)22-17(12-13-6-7-13)14-4-2-1-3-5-14/h1-5,8-11,13,17,22H,6-7,12H2/t17-/m0/s1. The Hall–Kier alpha value is -2.06. The van der Waals surface area contributed by atoms with Gasteiger partial charge in [-0.1, -0.05) is 43.2 Å². The van der Waals surface area contributed by atoms with Crippen LogP contribution in [0.5, 0.6) is 5.75 Å². The lowest BCUT2D eigenvalue weighted by atomic mass is 10.0. The van der Waals surface area contributed by atoms with Gasteiger partial charge in [0.1, 0.15) is 5.75 Å². The zero-order chi connectivity index (χ0) is 18.8. The van der Waals surface area contributed by atoms with E-state index in [1.807, 2.05) is 30.3 Å². The van der Waals surface area contributed by atoms with Crippen LogP contribution in [0.4, 0.5) is 13.2 Å². The number of halogens is 3. The summed E-state index contributed by atoms with van der Waals surface area (Å²) in [5, 5.41) is 0. The van der Waals surface area contributed by atoms with Crippen molar-refractivity contribution in [1.29, 1.82) is 0 Å². The van der Waals surface area contributed by atoms with E-state index in [4.69, 9.17) is 0 Å². The van der Waals surface area contributed by atoms with Crippen molar-refractivity contribution in [3.05, 3.63) is 60.2 Å². The molecule has 1 aliphatic carbocycles. The van der Waals surface area contributed by atoms with Gasteiger partial charge in [0.25, 0.3) is 0 Å². The Bertz CT molecular complexity index is 832. The van der Waals surface area contributed by atoms with Crippen LogP contribution >= 0.6 is 0 Å². The molecule has 0 aromatic heterocycles. The van der Waals surface area contributed by atoms with Crippen LogP contribution in [0, 0.1) is 5.92 Å². The number of alkyl halides is 3. The number of sulfonamides is 1. The Morgan fingerprint density at radius 1 is 1.04 bits per heavy atom. The van der Waals surface area contributed by atoms with Crippen LogP contribution in [-0.2, 0) is 10.0 Å². The van der Waals surface area contributed by atoms with Gasteiger partial charge in [-0.3, -0.25) is 0 Å². The first-order chi connectivity index (χ1) is 12.2. The summed E-state index contributed by atoms with van der Waals surface area (Å²) in [6.45, 7) is 0. The summed E-state index contributed by atoms with van der Waals surface area (Å²) >= 11 is 0. The monoisotopic (exact) mass is 385 g/mol. The lowest BCUT2D eigenvalue weighted by molar-refractivity contribution is -0.274. The molecule has 0 amide bonds. The molecule has 0 bridgehead atoms. The van der Waals surface area contributed by atoms with E-state index in [-0.39, 0.29) is 10.9 Å². The largest absolute Gasteiger partial charge is 0.573 e. The Morgan fingerprint density at radius 2 is 1.65 bits per heavy atom. The third kappa shape index (κ3) is 5.22. The maximum Gasteiger partial charge on any atom is 0.573 e. The summed E-state index contributed by atoms with van der Waals surface area (Å²) in [7, 11) is -3.87. The fourth-order valence-electron chi connectivity index (χ4n) is 2.70. The van der Waals surface area contributed by atoms with E-state index in [2.05, 4.69) is 9.46 Å². The number of hydrogen-bond donors (Lipinski definition) is 1. The minimum Gasteiger partial charge on any atom is -0.406 e. The molecule has 0 saturated heterocycles. The van der Waals surface area contributed by atoms with E-state index in [0.29, 0.717) is 12.3 Å². The summed E-state index contributed by atoms with van der Waals surface area (Å²) < 4.78 is 68.4. The van der Waals surface area contributed by atoms with E-state index < -0.39 is 22.1 Å². The second-order valence-corrected chi connectivity index (χ2v) is 8.00. The van der Waals surface area contributed by atoms with Gasteiger partial charge in [-0.05, 0) is 42.2 Å². The van der Waals surface area contributed by atoms with Crippen molar-refractivity contribution in [2.45, 2.75) is 36.6 Å². The van der Waals surface area contributed by atoms with Crippen molar-refractivity contribution in [3.8, 4) is 5.75 Å². The zero-order valence-corrected chi connectivity index (χ0v) is 14.6. The van der Waals surface area contributed by atoms with E-state index in [9.17, 15) is 21.6 Å². The topological polar surface area (TPSA) is 55.4 Å². The molecule has 1 saturated carbocycles. The Balaban J connectivity index is 1.77. The first-order valence-corrected chi connectivity index (χ1v) is 9.64. The van der Waals surface area contributed by atoms with Crippen LogP contribution < -0.4 is 9.46 Å². The number of ether oxygens (including phenoxy) is 1. The Labute approximate surface area is 150 Å². The summed E-state index contributed by atoms with van der Waals surface area (Å²) in [5.41, 5.74) is 0.861. The molecule has 2 aromatic carbocycles.